The molecule has 0 fully saturated rings. The zero-order valence-corrected chi connectivity index (χ0v) is 11.6. The highest BCUT2D eigenvalue weighted by atomic mass is 35.5. The van der Waals surface area contributed by atoms with Gasteiger partial charge in [0.25, 0.3) is 0 Å². The molecule has 1 aromatic carbocycles. The van der Waals surface area contributed by atoms with E-state index in [1.165, 1.54) is 5.56 Å². The first-order chi connectivity index (χ1) is 8.79. The van der Waals surface area contributed by atoms with Gasteiger partial charge in [0.05, 0.1) is 0 Å². The molecule has 3 nitrogen and oxygen atoms in total. The van der Waals surface area contributed by atoms with E-state index in [-0.39, 0.29) is 18.3 Å². The zero-order chi connectivity index (χ0) is 12.8. The SMILES string of the molecule is CCN=C([O-])c1ccc[n+](Cc2ccccc2)c1.Cl. The second-order valence-corrected chi connectivity index (χ2v) is 4.03. The molecule has 0 radical (unpaired) electrons. The fraction of sp³-hybridized carbons (Fsp3) is 0.200. The number of hydrogen-bond acceptors (Lipinski definition) is 2. The maximum atomic E-state index is 11.7. The van der Waals surface area contributed by atoms with Crippen molar-refractivity contribution in [2.75, 3.05) is 6.54 Å². The number of halogens is 1. The van der Waals surface area contributed by atoms with Gasteiger partial charge in [-0.15, -0.1) is 12.4 Å². The minimum absolute atomic E-state index is 0. The molecule has 0 unspecified atom stereocenters. The molecule has 2 rings (SSSR count). The molecule has 4 heteroatoms. The van der Waals surface area contributed by atoms with E-state index in [4.69, 9.17) is 0 Å². The van der Waals surface area contributed by atoms with Crippen molar-refractivity contribution in [3.8, 4) is 0 Å². The van der Waals surface area contributed by atoms with E-state index in [9.17, 15) is 5.11 Å². The van der Waals surface area contributed by atoms with Gasteiger partial charge in [-0.3, -0.25) is 0 Å². The van der Waals surface area contributed by atoms with E-state index >= 15 is 0 Å². The number of benzene rings is 1. The number of aliphatic imine (C=N–C) groups is 1. The largest absolute Gasteiger partial charge is 0.858 e. The lowest BCUT2D eigenvalue weighted by Gasteiger charge is -2.08. The molecule has 0 aliphatic heterocycles. The smallest absolute Gasteiger partial charge is 0.177 e. The van der Waals surface area contributed by atoms with Gasteiger partial charge in [-0.25, -0.2) is 4.57 Å². The van der Waals surface area contributed by atoms with Gasteiger partial charge in [0.2, 0.25) is 0 Å². The minimum Gasteiger partial charge on any atom is -0.858 e. The summed E-state index contributed by atoms with van der Waals surface area (Å²) in [5, 5.41) is 11.7. The van der Waals surface area contributed by atoms with Gasteiger partial charge >= 0.3 is 0 Å². The highest BCUT2D eigenvalue weighted by molar-refractivity contribution is 5.89. The lowest BCUT2D eigenvalue weighted by molar-refractivity contribution is -0.688. The maximum Gasteiger partial charge on any atom is 0.177 e. The summed E-state index contributed by atoms with van der Waals surface area (Å²) in [6, 6.07) is 13.8. The van der Waals surface area contributed by atoms with Gasteiger partial charge in [0, 0.05) is 23.7 Å². The van der Waals surface area contributed by atoms with E-state index in [0.29, 0.717) is 12.1 Å². The molecule has 0 saturated heterocycles. The van der Waals surface area contributed by atoms with Gasteiger partial charge < -0.3 is 10.1 Å². The first kappa shape index (κ1) is 15.2. The van der Waals surface area contributed by atoms with Crippen molar-refractivity contribution in [2.24, 2.45) is 4.99 Å². The van der Waals surface area contributed by atoms with E-state index in [0.717, 1.165) is 6.54 Å². The molecule has 0 aliphatic rings. The summed E-state index contributed by atoms with van der Waals surface area (Å²) in [5.41, 5.74) is 1.84. The molecule has 0 spiro atoms. The molecule has 0 atom stereocenters. The Morgan fingerprint density at radius 2 is 1.89 bits per heavy atom. The predicted octanol–water partition coefficient (Wildman–Crippen LogP) is 1.57. The molecule has 19 heavy (non-hydrogen) atoms. The highest BCUT2D eigenvalue weighted by Crippen LogP contribution is 1.99. The monoisotopic (exact) mass is 276 g/mol. The Bertz CT molecular complexity index is 541. The fourth-order valence-corrected chi connectivity index (χ4v) is 1.78. The molecule has 0 N–H and O–H groups in total. The molecule has 0 saturated carbocycles. The van der Waals surface area contributed by atoms with Gasteiger partial charge in [-0.2, -0.15) is 0 Å². The van der Waals surface area contributed by atoms with E-state index in [2.05, 4.69) is 17.1 Å². The summed E-state index contributed by atoms with van der Waals surface area (Å²) in [6.07, 6.45) is 3.80. The summed E-state index contributed by atoms with van der Waals surface area (Å²) in [4.78, 5) is 3.89. The molecule has 1 heterocycles. The van der Waals surface area contributed by atoms with Crippen LogP contribution in [-0.4, -0.2) is 12.4 Å². The Labute approximate surface area is 119 Å². The number of aromatic nitrogens is 1. The van der Waals surface area contributed by atoms with Crippen molar-refractivity contribution >= 4 is 18.3 Å². The van der Waals surface area contributed by atoms with E-state index in [1.54, 1.807) is 6.07 Å². The number of hydrogen-bond donors (Lipinski definition) is 0. The molecule has 100 valence electrons. The van der Waals surface area contributed by atoms with Gasteiger partial charge in [0.15, 0.2) is 18.9 Å². The highest BCUT2D eigenvalue weighted by Gasteiger charge is 2.03. The normalized spacial score (nSPS) is 10.9. The van der Waals surface area contributed by atoms with Crippen LogP contribution in [0.2, 0.25) is 0 Å². The fourth-order valence-electron chi connectivity index (χ4n) is 1.78. The first-order valence-electron chi connectivity index (χ1n) is 6.04. The molecule has 1 aromatic heterocycles. The van der Waals surface area contributed by atoms with Crippen LogP contribution in [-0.2, 0) is 6.54 Å². The van der Waals surface area contributed by atoms with Crippen molar-refractivity contribution in [2.45, 2.75) is 13.5 Å². The van der Waals surface area contributed by atoms with Crippen LogP contribution in [0.5, 0.6) is 0 Å². The Balaban J connectivity index is 0.00000180. The van der Waals surface area contributed by atoms with Crippen LogP contribution in [0.1, 0.15) is 18.1 Å². The molecular formula is C15H17ClN2O. The van der Waals surface area contributed by atoms with Crippen molar-refractivity contribution in [3.05, 3.63) is 66.0 Å². The van der Waals surface area contributed by atoms with Crippen LogP contribution in [0.3, 0.4) is 0 Å². The molecule has 0 aliphatic carbocycles. The topological polar surface area (TPSA) is 39.3 Å². The Hall–Kier alpha value is -1.87. The lowest BCUT2D eigenvalue weighted by Crippen LogP contribution is -2.35. The third-order valence-electron chi connectivity index (χ3n) is 2.61. The van der Waals surface area contributed by atoms with E-state index < -0.39 is 0 Å². The van der Waals surface area contributed by atoms with Crippen LogP contribution in [0, 0.1) is 0 Å². The first-order valence-corrected chi connectivity index (χ1v) is 6.04. The molecular weight excluding hydrogens is 260 g/mol. The molecule has 2 aromatic rings. The molecule has 0 amide bonds. The minimum atomic E-state index is -0.153. The van der Waals surface area contributed by atoms with Gasteiger partial charge in [0.1, 0.15) is 0 Å². The Kier molecular flexibility index (Phi) is 6.03. The quantitative estimate of drug-likeness (QED) is 0.475. The predicted molar refractivity (Wildman–Crippen MR) is 76.5 cm³/mol. The average Bonchev–Trinajstić information content (AvgIpc) is 2.40. The summed E-state index contributed by atoms with van der Waals surface area (Å²) >= 11 is 0. The van der Waals surface area contributed by atoms with Gasteiger partial charge in [-0.1, -0.05) is 30.3 Å². The van der Waals surface area contributed by atoms with Crippen molar-refractivity contribution in [1.82, 2.24) is 0 Å². The summed E-state index contributed by atoms with van der Waals surface area (Å²) < 4.78 is 1.99. The van der Waals surface area contributed by atoms with Crippen LogP contribution in [0.15, 0.2) is 59.9 Å². The Morgan fingerprint density at radius 3 is 2.58 bits per heavy atom. The van der Waals surface area contributed by atoms with Crippen molar-refractivity contribution in [1.29, 1.82) is 0 Å². The lowest BCUT2D eigenvalue weighted by atomic mass is 10.2. The van der Waals surface area contributed by atoms with E-state index in [1.807, 2.05) is 48.1 Å². The maximum absolute atomic E-state index is 11.7. The second kappa shape index (κ2) is 7.54. The van der Waals surface area contributed by atoms with Crippen LogP contribution < -0.4 is 9.67 Å². The van der Waals surface area contributed by atoms with Crippen LogP contribution in [0.4, 0.5) is 0 Å². The summed E-state index contributed by atoms with van der Waals surface area (Å²) in [7, 11) is 0. The third-order valence-corrected chi connectivity index (χ3v) is 2.61. The average molecular weight is 277 g/mol. The number of nitrogens with zero attached hydrogens (tertiary/aromatic N) is 2. The third kappa shape index (κ3) is 4.38. The zero-order valence-electron chi connectivity index (χ0n) is 10.8. The van der Waals surface area contributed by atoms with Crippen molar-refractivity contribution < 1.29 is 9.67 Å². The van der Waals surface area contributed by atoms with Crippen molar-refractivity contribution in [3.63, 3.8) is 0 Å². The summed E-state index contributed by atoms with van der Waals surface area (Å²) in [6.45, 7) is 3.14. The standard InChI is InChI=1S/C15H16N2O.ClH/c1-2-16-15(18)14-9-6-10-17(12-14)11-13-7-4-3-5-8-13;/h3-10,12H,2,11H2,1H3;1H. The number of pyridine rings is 1. The summed E-state index contributed by atoms with van der Waals surface area (Å²) in [5.74, 6) is -0.153. The number of rotatable bonds is 4. The molecule has 0 bridgehead atoms. The Morgan fingerprint density at radius 1 is 1.16 bits per heavy atom. The van der Waals surface area contributed by atoms with Crippen LogP contribution >= 0.6 is 12.4 Å². The van der Waals surface area contributed by atoms with Crippen LogP contribution in [0.25, 0.3) is 0 Å². The second-order valence-electron chi connectivity index (χ2n) is 4.03. The van der Waals surface area contributed by atoms with Gasteiger partial charge in [-0.05, 0) is 18.9 Å².